The second kappa shape index (κ2) is 13.4. The van der Waals surface area contributed by atoms with Crippen LogP contribution in [0, 0.1) is 5.92 Å². The van der Waals surface area contributed by atoms with Crippen LogP contribution in [0.15, 0.2) is 106 Å². The maximum absolute atomic E-state index is 13.5. The minimum absolute atomic E-state index is 0.257. The van der Waals surface area contributed by atoms with Gasteiger partial charge >= 0.3 is 0 Å². The summed E-state index contributed by atoms with van der Waals surface area (Å²) in [6.07, 6.45) is 9.74. The van der Waals surface area contributed by atoms with Gasteiger partial charge in [-0.2, -0.15) is 14.4 Å². The number of benzene rings is 3. The lowest BCUT2D eigenvalue weighted by molar-refractivity contribution is -0.113. The molecule has 1 amide bonds. The number of piperidine rings is 2. The van der Waals surface area contributed by atoms with E-state index in [0.29, 0.717) is 35.2 Å². The summed E-state index contributed by atoms with van der Waals surface area (Å²) >= 11 is 1.41. The Balaban J connectivity index is 1.14. The molecule has 46 heavy (non-hydrogen) atoms. The maximum Gasteiger partial charge on any atom is 0.286 e. The lowest BCUT2D eigenvalue weighted by atomic mass is 9.90. The van der Waals surface area contributed by atoms with E-state index in [1.54, 1.807) is 27.2 Å². The molecule has 0 N–H and O–H groups in total. The Hall–Kier alpha value is -3.99. The van der Waals surface area contributed by atoms with E-state index < -0.39 is 10.0 Å². The SMILES string of the molecule is O=C1N=C(N2CCC(Cc3ccccc3)CC2)S/C1=C\c1cn(-c2ccccc2)nc1-c1cccc(S(=O)(=O)N2CCCCC2)c1. The van der Waals surface area contributed by atoms with Crippen molar-refractivity contribution in [1.82, 2.24) is 19.0 Å². The van der Waals surface area contributed by atoms with Crippen molar-refractivity contribution in [3.05, 3.63) is 107 Å². The Kier molecular flexibility index (Phi) is 8.93. The Bertz CT molecular complexity index is 1870. The van der Waals surface area contributed by atoms with E-state index in [4.69, 9.17) is 5.10 Å². The Labute approximate surface area is 274 Å². The van der Waals surface area contributed by atoms with Crippen molar-refractivity contribution in [2.45, 2.75) is 43.4 Å². The van der Waals surface area contributed by atoms with Crippen molar-refractivity contribution in [3.63, 3.8) is 0 Å². The van der Waals surface area contributed by atoms with Gasteiger partial charge in [0.1, 0.15) is 5.69 Å². The minimum atomic E-state index is -3.62. The van der Waals surface area contributed by atoms with Gasteiger partial charge in [0.2, 0.25) is 10.0 Å². The highest BCUT2D eigenvalue weighted by Crippen LogP contribution is 2.35. The molecule has 1 aromatic heterocycles. The summed E-state index contributed by atoms with van der Waals surface area (Å²) in [6.45, 7) is 2.83. The first-order valence-electron chi connectivity index (χ1n) is 16.0. The van der Waals surface area contributed by atoms with Crippen LogP contribution in [0.25, 0.3) is 23.0 Å². The predicted octanol–water partition coefficient (Wildman–Crippen LogP) is 6.64. The summed E-state index contributed by atoms with van der Waals surface area (Å²) < 4.78 is 30.4. The van der Waals surface area contributed by atoms with Crippen LogP contribution in [0.4, 0.5) is 0 Å². The second-order valence-corrected chi connectivity index (χ2v) is 15.1. The molecule has 0 spiro atoms. The molecular formula is C36H37N5O3S2. The number of likely N-dealkylation sites (tertiary alicyclic amines) is 1. The fraction of sp³-hybridized carbons (Fsp3) is 0.306. The molecule has 0 saturated carbocycles. The summed E-state index contributed by atoms with van der Waals surface area (Å²) in [5.41, 5.74) is 4.25. The van der Waals surface area contributed by atoms with Gasteiger partial charge in [-0.1, -0.05) is 67.1 Å². The third-order valence-electron chi connectivity index (χ3n) is 8.97. The first kappa shape index (κ1) is 30.7. The summed E-state index contributed by atoms with van der Waals surface area (Å²) in [4.78, 5) is 20.7. The van der Waals surface area contributed by atoms with Crippen LogP contribution in [-0.4, -0.2) is 64.7 Å². The smallest absolute Gasteiger partial charge is 0.286 e. The van der Waals surface area contributed by atoms with Crippen molar-refractivity contribution >= 4 is 38.9 Å². The highest BCUT2D eigenvalue weighted by Gasteiger charge is 2.30. The van der Waals surface area contributed by atoms with Crippen molar-refractivity contribution in [1.29, 1.82) is 0 Å². The zero-order valence-corrected chi connectivity index (χ0v) is 27.3. The van der Waals surface area contributed by atoms with Crippen LogP contribution in [0.1, 0.15) is 43.2 Å². The molecule has 3 aliphatic rings. The molecule has 10 heteroatoms. The number of carbonyl (C=O) groups is 1. The normalized spacial score (nSPS) is 19.1. The fourth-order valence-electron chi connectivity index (χ4n) is 6.44. The van der Waals surface area contributed by atoms with Gasteiger partial charge in [-0.25, -0.2) is 13.1 Å². The second-order valence-electron chi connectivity index (χ2n) is 12.1. The Morgan fingerprint density at radius 2 is 1.57 bits per heavy atom. The van der Waals surface area contributed by atoms with Crippen LogP contribution in [0.3, 0.4) is 0 Å². The maximum atomic E-state index is 13.5. The fourth-order valence-corrected chi connectivity index (χ4v) is 8.96. The van der Waals surface area contributed by atoms with Crippen molar-refractivity contribution in [2.75, 3.05) is 26.2 Å². The van der Waals surface area contributed by atoms with Gasteiger partial charge in [0.15, 0.2) is 5.17 Å². The van der Waals surface area contributed by atoms with Gasteiger partial charge in [-0.05, 0) is 85.7 Å². The molecule has 0 bridgehead atoms. The van der Waals surface area contributed by atoms with Gasteiger partial charge in [0, 0.05) is 43.5 Å². The molecular weight excluding hydrogens is 615 g/mol. The van der Waals surface area contributed by atoms with Gasteiger partial charge < -0.3 is 4.90 Å². The molecule has 7 rings (SSSR count). The summed E-state index contributed by atoms with van der Waals surface area (Å²) in [5, 5.41) is 5.65. The number of sulfonamides is 1. The van der Waals surface area contributed by atoms with E-state index in [2.05, 4.69) is 40.2 Å². The summed E-state index contributed by atoms with van der Waals surface area (Å²) in [5.74, 6) is 0.364. The number of rotatable bonds is 7. The first-order chi connectivity index (χ1) is 22.4. The number of para-hydroxylation sites is 1. The van der Waals surface area contributed by atoms with Gasteiger partial charge in [-0.3, -0.25) is 4.79 Å². The van der Waals surface area contributed by atoms with E-state index in [1.165, 1.54) is 17.3 Å². The van der Waals surface area contributed by atoms with Gasteiger partial charge in [0.05, 0.1) is 15.5 Å². The number of thioether (sulfide) groups is 1. The number of hydrogen-bond donors (Lipinski definition) is 0. The van der Waals surface area contributed by atoms with E-state index in [0.717, 1.165) is 68.0 Å². The van der Waals surface area contributed by atoms with E-state index in [1.807, 2.05) is 48.7 Å². The molecule has 0 atom stereocenters. The zero-order chi connectivity index (χ0) is 31.5. The Morgan fingerprint density at radius 3 is 2.30 bits per heavy atom. The molecule has 0 unspecified atom stereocenters. The van der Waals surface area contributed by atoms with Crippen LogP contribution in [0.2, 0.25) is 0 Å². The van der Waals surface area contributed by atoms with Crippen molar-refractivity contribution in [3.8, 4) is 16.9 Å². The third-order valence-corrected chi connectivity index (χ3v) is 11.9. The van der Waals surface area contributed by atoms with Gasteiger partial charge in [0.25, 0.3) is 5.91 Å². The monoisotopic (exact) mass is 651 g/mol. The highest BCUT2D eigenvalue weighted by molar-refractivity contribution is 8.18. The van der Waals surface area contributed by atoms with E-state index in [9.17, 15) is 13.2 Å². The topological polar surface area (TPSA) is 87.9 Å². The molecule has 4 aromatic rings. The number of carbonyl (C=O) groups excluding carboxylic acids is 1. The molecule has 236 valence electrons. The van der Waals surface area contributed by atoms with Crippen LogP contribution in [0.5, 0.6) is 0 Å². The van der Waals surface area contributed by atoms with Gasteiger partial charge in [-0.15, -0.1) is 0 Å². The molecule has 0 radical (unpaired) electrons. The van der Waals surface area contributed by atoms with Crippen molar-refractivity contribution in [2.24, 2.45) is 10.9 Å². The average Bonchev–Trinajstić information content (AvgIpc) is 3.70. The lowest BCUT2D eigenvalue weighted by Gasteiger charge is -2.32. The number of hydrogen-bond acceptors (Lipinski definition) is 6. The highest BCUT2D eigenvalue weighted by atomic mass is 32.2. The number of nitrogens with zero attached hydrogens (tertiary/aromatic N) is 5. The van der Waals surface area contributed by atoms with Crippen molar-refractivity contribution < 1.29 is 13.2 Å². The van der Waals surface area contributed by atoms with Crippen LogP contribution >= 0.6 is 11.8 Å². The number of aromatic nitrogens is 2. The largest absolute Gasteiger partial charge is 0.351 e. The molecule has 3 aliphatic heterocycles. The molecule has 0 aliphatic carbocycles. The number of amidine groups is 1. The lowest BCUT2D eigenvalue weighted by Crippen LogP contribution is -2.37. The molecule has 8 nitrogen and oxygen atoms in total. The average molecular weight is 652 g/mol. The number of aliphatic imine (C=N–C) groups is 1. The quantitative estimate of drug-likeness (QED) is 0.208. The van der Waals surface area contributed by atoms with E-state index in [-0.39, 0.29) is 10.8 Å². The van der Waals surface area contributed by atoms with Crippen LogP contribution < -0.4 is 0 Å². The first-order valence-corrected chi connectivity index (χ1v) is 18.3. The summed E-state index contributed by atoms with van der Waals surface area (Å²) in [7, 11) is -3.62. The predicted molar refractivity (Wildman–Crippen MR) is 184 cm³/mol. The Morgan fingerprint density at radius 1 is 0.848 bits per heavy atom. The molecule has 2 fully saturated rings. The third kappa shape index (κ3) is 6.61. The molecule has 3 aromatic carbocycles. The number of amides is 1. The van der Waals surface area contributed by atoms with E-state index >= 15 is 0 Å². The molecule has 2 saturated heterocycles. The zero-order valence-electron chi connectivity index (χ0n) is 25.7. The standard InChI is InChI=1S/C36H37N5O3S2/c42-35-33(45-36(37-35)39-21-17-28(18-22-39)23-27-11-4-1-5-12-27)25-30-26-41(31-14-6-2-7-15-31)38-34(30)29-13-10-16-32(24-29)46(43,44)40-19-8-3-9-20-40/h1-2,4-7,10-16,24-26,28H,3,8-9,17-23H2/b33-25-. The van der Waals surface area contributed by atoms with Crippen LogP contribution in [-0.2, 0) is 21.2 Å². The summed E-state index contributed by atoms with van der Waals surface area (Å²) in [6, 6.07) is 27.4. The minimum Gasteiger partial charge on any atom is -0.351 e. The molecule has 4 heterocycles.